The first kappa shape index (κ1) is 15.7. The Morgan fingerprint density at radius 2 is 1.73 bits per heavy atom. The van der Waals surface area contributed by atoms with Crippen LogP contribution < -0.4 is 10.6 Å². The quantitative estimate of drug-likeness (QED) is 0.890. The Morgan fingerprint density at radius 1 is 1.09 bits per heavy atom. The maximum absolute atomic E-state index is 12.1. The second kappa shape index (κ2) is 7.36. The highest BCUT2D eigenvalue weighted by atomic mass is 16.2. The lowest BCUT2D eigenvalue weighted by Crippen LogP contribution is -2.14. The lowest BCUT2D eigenvalue weighted by Gasteiger charge is -2.12. The number of hydrogen-bond acceptors (Lipinski definition) is 3. The van der Waals surface area contributed by atoms with Crippen molar-refractivity contribution in [2.45, 2.75) is 26.2 Å². The lowest BCUT2D eigenvalue weighted by atomic mass is 9.99. The van der Waals surface area contributed by atoms with Gasteiger partial charge in [-0.3, -0.25) is 14.6 Å². The van der Waals surface area contributed by atoms with Crippen LogP contribution in [0.25, 0.3) is 0 Å². The minimum absolute atomic E-state index is 0.0522. The van der Waals surface area contributed by atoms with E-state index in [4.69, 9.17) is 0 Å². The predicted molar refractivity (Wildman–Crippen MR) is 86.6 cm³/mol. The standard InChI is InChI=1S/C17H19N3O2/c1-12(14-4-3-9-18-11-14)10-17(22)20-16-7-5-15(6-8-16)19-13(2)21/h3-9,11-12H,10H2,1-2H3,(H,19,21)(H,20,22). The van der Waals surface area contributed by atoms with E-state index in [0.29, 0.717) is 17.8 Å². The highest BCUT2D eigenvalue weighted by molar-refractivity contribution is 5.92. The molecule has 1 aromatic carbocycles. The summed E-state index contributed by atoms with van der Waals surface area (Å²) in [5, 5.41) is 5.53. The molecule has 0 aliphatic carbocycles. The molecule has 5 nitrogen and oxygen atoms in total. The molecule has 2 amide bonds. The van der Waals surface area contributed by atoms with Crippen LogP contribution >= 0.6 is 0 Å². The highest BCUT2D eigenvalue weighted by Crippen LogP contribution is 2.19. The van der Waals surface area contributed by atoms with Crippen LogP contribution in [0, 0.1) is 0 Å². The first-order valence-corrected chi connectivity index (χ1v) is 7.12. The number of hydrogen-bond donors (Lipinski definition) is 2. The van der Waals surface area contributed by atoms with Crippen LogP contribution in [-0.4, -0.2) is 16.8 Å². The van der Waals surface area contributed by atoms with Crippen molar-refractivity contribution in [1.82, 2.24) is 4.98 Å². The Hall–Kier alpha value is -2.69. The van der Waals surface area contributed by atoms with E-state index in [1.54, 1.807) is 36.7 Å². The first-order chi connectivity index (χ1) is 10.5. The number of aromatic nitrogens is 1. The number of rotatable bonds is 5. The number of nitrogens with one attached hydrogen (secondary N) is 2. The van der Waals surface area contributed by atoms with Crippen LogP contribution in [0.2, 0.25) is 0 Å². The summed E-state index contributed by atoms with van der Waals surface area (Å²) in [7, 11) is 0. The first-order valence-electron chi connectivity index (χ1n) is 7.12. The summed E-state index contributed by atoms with van der Waals surface area (Å²) in [6.07, 6.45) is 3.88. The smallest absolute Gasteiger partial charge is 0.224 e. The molecule has 0 fully saturated rings. The van der Waals surface area contributed by atoms with Crippen molar-refractivity contribution < 1.29 is 9.59 Å². The fourth-order valence-electron chi connectivity index (χ4n) is 2.12. The zero-order valence-corrected chi connectivity index (χ0v) is 12.7. The highest BCUT2D eigenvalue weighted by Gasteiger charge is 2.11. The third kappa shape index (κ3) is 4.70. The van der Waals surface area contributed by atoms with Crippen molar-refractivity contribution in [3.63, 3.8) is 0 Å². The number of nitrogens with zero attached hydrogens (tertiary/aromatic N) is 1. The molecular weight excluding hydrogens is 278 g/mol. The van der Waals surface area contributed by atoms with E-state index in [1.807, 2.05) is 19.1 Å². The predicted octanol–water partition coefficient (Wildman–Crippen LogP) is 3.17. The van der Waals surface area contributed by atoms with Gasteiger partial charge < -0.3 is 10.6 Å². The Bertz CT molecular complexity index is 639. The minimum atomic E-state index is -0.123. The van der Waals surface area contributed by atoms with Crippen LogP contribution in [0.5, 0.6) is 0 Å². The summed E-state index contributed by atoms with van der Waals surface area (Å²) in [6, 6.07) is 10.9. The van der Waals surface area contributed by atoms with Gasteiger partial charge in [-0.2, -0.15) is 0 Å². The molecule has 1 heterocycles. The molecule has 1 atom stereocenters. The van der Waals surface area contributed by atoms with Gasteiger partial charge in [0, 0.05) is 37.1 Å². The summed E-state index contributed by atoms with van der Waals surface area (Å²) in [5.74, 6) is -0.0712. The van der Waals surface area contributed by atoms with Crippen molar-refractivity contribution in [2.24, 2.45) is 0 Å². The molecule has 0 spiro atoms. The van der Waals surface area contributed by atoms with Crippen molar-refractivity contribution in [2.75, 3.05) is 10.6 Å². The van der Waals surface area contributed by atoms with Gasteiger partial charge in [-0.15, -0.1) is 0 Å². The summed E-state index contributed by atoms with van der Waals surface area (Å²) in [6.45, 7) is 3.45. The zero-order valence-electron chi connectivity index (χ0n) is 12.7. The average Bonchev–Trinajstić information content (AvgIpc) is 2.49. The van der Waals surface area contributed by atoms with Crippen LogP contribution in [0.4, 0.5) is 11.4 Å². The SMILES string of the molecule is CC(=O)Nc1ccc(NC(=O)CC(C)c2cccnc2)cc1. The fourth-order valence-corrected chi connectivity index (χ4v) is 2.12. The lowest BCUT2D eigenvalue weighted by molar-refractivity contribution is -0.116. The van der Waals surface area contributed by atoms with Gasteiger partial charge in [-0.05, 0) is 41.8 Å². The molecule has 0 saturated carbocycles. The normalized spacial score (nSPS) is 11.5. The van der Waals surface area contributed by atoms with Gasteiger partial charge in [0.2, 0.25) is 11.8 Å². The van der Waals surface area contributed by atoms with Gasteiger partial charge in [-0.25, -0.2) is 0 Å². The number of carbonyl (C=O) groups excluding carboxylic acids is 2. The molecule has 1 aromatic heterocycles. The fraction of sp³-hybridized carbons (Fsp3) is 0.235. The molecular formula is C17H19N3O2. The van der Waals surface area contributed by atoms with Crippen LogP contribution in [0.15, 0.2) is 48.8 Å². The Kier molecular flexibility index (Phi) is 5.25. The molecule has 2 N–H and O–H groups in total. The van der Waals surface area contributed by atoms with Gasteiger partial charge in [-0.1, -0.05) is 13.0 Å². The molecule has 114 valence electrons. The topological polar surface area (TPSA) is 71.1 Å². The second-order valence-corrected chi connectivity index (χ2v) is 5.20. The maximum atomic E-state index is 12.1. The molecule has 0 saturated heterocycles. The zero-order chi connectivity index (χ0) is 15.9. The maximum Gasteiger partial charge on any atom is 0.224 e. The largest absolute Gasteiger partial charge is 0.326 e. The number of carbonyl (C=O) groups is 2. The van der Waals surface area contributed by atoms with Crippen molar-refractivity contribution in [1.29, 1.82) is 0 Å². The second-order valence-electron chi connectivity index (χ2n) is 5.20. The van der Waals surface area contributed by atoms with Crippen molar-refractivity contribution in [3.8, 4) is 0 Å². The van der Waals surface area contributed by atoms with Crippen LogP contribution in [0.1, 0.15) is 31.7 Å². The number of pyridine rings is 1. The number of amides is 2. The number of benzene rings is 1. The molecule has 2 rings (SSSR count). The van der Waals surface area contributed by atoms with Gasteiger partial charge in [0.15, 0.2) is 0 Å². The van der Waals surface area contributed by atoms with Gasteiger partial charge in [0.05, 0.1) is 0 Å². The van der Waals surface area contributed by atoms with E-state index in [1.165, 1.54) is 6.92 Å². The van der Waals surface area contributed by atoms with E-state index in [0.717, 1.165) is 5.56 Å². The van der Waals surface area contributed by atoms with Crippen LogP contribution in [0.3, 0.4) is 0 Å². The van der Waals surface area contributed by atoms with Gasteiger partial charge in [0.1, 0.15) is 0 Å². The molecule has 0 aliphatic rings. The van der Waals surface area contributed by atoms with Gasteiger partial charge in [0.25, 0.3) is 0 Å². The van der Waals surface area contributed by atoms with E-state index in [9.17, 15) is 9.59 Å². The van der Waals surface area contributed by atoms with Crippen molar-refractivity contribution >= 4 is 23.2 Å². The molecule has 1 unspecified atom stereocenters. The Balaban J connectivity index is 1.90. The summed E-state index contributed by atoms with van der Waals surface area (Å²) >= 11 is 0. The third-order valence-electron chi connectivity index (χ3n) is 3.23. The molecule has 22 heavy (non-hydrogen) atoms. The molecule has 0 aliphatic heterocycles. The molecule has 5 heteroatoms. The monoisotopic (exact) mass is 297 g/mol. The van der Waals surface area contributed by atoms with Gasteiger partial charge >= 0.3 is 0 Å². The van der Waals surface area contributed by atoms with Crippen LogP contribution in [-0.2, 0) is 9.59 Å². The molecule has 0 bridgehead atoms. The molecule has 0 radical (unpaired) electrons. The van der Waals surface area contributed by atoms with E-state index in [-0.39, 0.29) is 17.7 Å². The summed E-state index contributed by atoms with van der Waals surface area (Å²) in [5.41, 5.74) is 2.45. The Morgan fingerprint density at radius 3 is 2.27 bits per heavy atom. The summed E-state index contributed by atoms with van der Waals surface area (Å²) in [4.78, 5) is 27.1. The number of anilines is 2. The summed E-state index contributed by atoms with van der Waals surface area (Å²) < 4.78 is 0. The third-order valence-corrected chi connectivity index (χ3v) is 3.23. The minimum Gasteiger partial charge on any atom is -0.326 e. The van der Waals surface area contributed by atoms with E-state index in [2.05, 4.69) is 15.6 Å². The van der Waals surface area contributed by atoms with E-state index < -0.39 is 0 Å². The Labute approximate surface area is 129 Å². The van der Waals surface area contributed by atoms with E-state index >= 15 is 0 Å². The molecule has 2 aromatic rings. The average molecular weight is 297 g/mol. The van der Waals surface area contributed by atoms with Crippen molar-refractivity contribution in [3.05, 3.63) is 54.4 Å².